The van der Waals surface area contributed by atoms with Gasteiger partial charge in [-0.2, -0.15) is 0 Å². The number of nitro benzene ring substituents is 1. The molecule has 0 atom stereocenters. The van der Waals surface area contributed by atoms with Gasteiger partial charge in [-0.15, -0.1) is 0 Å². The summed E-state index contributed by atoms with van der Waals surface area (Å²) in [6.07, 6.45) is 4.27. The number of aliphatic hydroxyl groups is 1. The molecule has 0 saturated heterocycles. The minimum Gasteiger partial charge on any atom is -0.396 e. The number of halogens is 1. The van der Waals surface area contributed by atoms with Gasteiger partial charge in [-0.05, 0) is 18.9 Å². The first kappa shape index (κ1) is 15.2. The number of benzene rings is 1. The first-order chi connectivity index (χ1) is 9.58. The van der Waals surface area contributed by atoms with Crippen LogP contribution < -0.4 is 5.32 Å². The van der Waals surface area contributed by atoms with Crippen molar-refractivity contribution < 1.29 is 10.0 Å². The zero-order chi connectivity index (χ0) is 14.6. The van der Waals surface area contributed by atoms with Gasteiger partial charge in [0.25, 0.3) is 5.69 Å². The molecular weight excluding hydrogens is 280 g/mol. The van der Waals surface area contributed by atoms with Crippen molar-refractivity contribution in [3.05, 3.63) is 38.9 Å². The summed E-state index contributed by atoms with van der Waals surface area (Å²) < 4.78 is 0. The van der Waals surface area contributed by atoms with Crippen molar-refractivity contribution in [1.29, 1.82) is 0 Å². The lowest BCUT2D eigenvalue weighted by Crippen LogP contribution is -2.35. The summed E-state index contributed by atoms with van der Waals surface area (Å²) in [4.78, 5) is 10.6. The quantitative estimate of drug-likeness (QED) is 0.625. The Morgan fingerprint density at radius 2 is 2.10 bits per heavy atom. The Balaban J connectivity index is 2.02. The fourth-order valence-electron chi connectivity index (χ4n) is 2.86. The van der Waals surface area contributed by atoms with Crippen molar-refractivity contribution in [2.75, 3.05) is 13.2 Å². The lowest BCUT2D eigenvalue weighted by Gasteiger charge is -2.26. The molecule has 5 nitrogen and oxygen atoms in total. The van der Waals surface area contributed by atoms with E-state index >= 15 is 0 Å². The van der Waals surface area contributed by atoms with Crippen LogP contribution in [0.1, 0.15) is 31.2 Å². The highest BCUT2D eigenvalue weighted by Crippen LogP contribution is 2.37. The van der Waals surface area contributed by atoms with Crippen molar-refractivity contribution in [3.8, 4) is 0 Å². The molecule has 0 bridgehead atoms. The second-order valence-electron chi connectivity index (χ2n) is 5.46. The third kappa shape index (κ3) is 3.29. The largest absolute Gasteiger partial charge is 0.396 e. The topological polar surface area (TPSA) is 75.4 Å². The minimum absolute atomic E-state index is 0.0365. The predicted molar refractivity (Wildman–Crippen MR) is 77.8 cm³/mol. The van der Waals surface area contributed by atoms with Crippen molar-refractivity contribution in [3.63, 3.8) is 0 Å². The summed E-state index contributed by atoms with van der Waals surface area (Å²) in [5, 5.41) is 24.2. The van der Waals surface area contributed by atoms with Gasteiger partial charge in [-0.25, -0.2) is 0 Å². The fourth-order valence-corrected chi connectivity index (χ4v) is 3.10. The van der Waals surface area contributed by atoms with Crippen LogP contribution >= 0.6 is 11.6 Å². The van der Waals surface area contributed by atoms with E-state index in [1.165, 1.54) is 6.07 Å². The summed E-state index contributed by atoms with van der Waals surface area (Å²) in [5.41, 5.74) is 0.468. The van der Waals surface area contributed by atoms with E-state index in [2.05, 4.69) is 5.32 Å². The number of nitrogens with zero attached hydrogens (tertiary/aromatic N) is 1. The molecule has 1 fully saturated rings. The Hall–Kier alpha value is -1.17. The summed E-state index contributed by atoms with van der Waals surface area (Å²) >= 11 is 6.04. The zero-order valence-electron chi connectivity index (χ0n) is 11.3. The normalized spacial score (nSPS) is 17.3. The number of nitrogens with one attached hydrogen (secondary N) is 1. The van der Waals surface area contributed by atoms with Crippen LogP contribution in [0, 0.1) is 15.5 Å². The molecule has 2 rings (SSSR count). The lowest BCUT2D eigenvalue weighted by atomic mass is 9.87. The molecule has 0 aliphatic heterocycles. The van der Waals surface area contributed by atoms with Crippen LogP contribution in [-0.2, 0) is 6.54 Å². The van der Waals surface area contributed by atoms with Crippen molar-refractivity contribution in [1.82, 2.24) is 5.32 Å². The average Bonchev–Trinajstić information content (AvgIpc) is 2.89. The van der Waals surface area contributed by atoms with E-state index in [0.717, 1.165) is 25.7 Å². The van der Waals surface area contributed by atoms with E-state index in [9.17, 15) is 15.2 Å². The summed E-state index contributed by atoms with van der Waals surface area (Å²) in [6.45, 7) is 1.16. The van der Waals surface area contributed by atoms with E-state index in [0.29, 0.717) is 23.7 Å². The predicted octanol–water partition coefficient (Wildman–Crippen LogP) is 2.89. The van der Waals surface area contributed by atoms with Crippen LogP contribution in [0.2, 0.25) is 5.02 Å². The smallest absolute Gasteiger partial charge is 0.275 e. The average molecular weight is 299 g/mol. The first-order valence-electron chi connectivity index (χ1n) is 6.81. The number of aliphatic hydroxyl groups excluding tert-OH is 1. The minimum atomic E-state index is -0.416. The second kappa shape index (κ2) is 6.52. The molecule has 6 heteroatoms. The summed E-state index contributed by atoms with van der Waals surface area (Å²) in [7, 11) is 0. The molecule has 110 valence electrons. The van der Waals surface area contributed by atoms with E-state index in [4.69, 9.17) is 11.6 Å². The highest BCUT2D eigenvalue weighted by atomic mass is 35.5. The van der Waals surface area contributed by atoms with Gasteiger partial charge in [-0.3, -0.25) is 10.1 Å². The molecule has 1 saturated carbocycles. The maximum atomic E-state index is 11.0. The Morgan fingerprint density at radius 1 is 1.40 bits per heavy atom. The summed E-state index contributed by atoms with van der Waals surface area (Å²) in [6, 6.07) is 4.69. The molecule has 0 radical (unpaired) electrons. The SMILES string of the molecule is O=[N+]([O-])c1cccc(Cl)c1CNCC1(CO)CCCC1. The second-order valence-corrected chi connectivity index (χ2v) is 5.87. The molecule has 1 aliphatic rings. The van der Waals surface area contributed by atoms with Gasteiger partial charge in [0.2, 0.25) is 0 Å². The Kier molecular flexibility index (Phi) is 4.96. The summed E-state index contributed by atoms with van der Waals surface area (Å²) in [5.74, 6) is 0. The third-order valence-electron chi connectivity index (χ3n) is 4.09. The van der Waals surface area contributed by atoms with Crippen LogP contribution in [-0.4, -0.2) is 23.2 Å². The third-order valence-corrected chi connectivity index (χ3v) is 4.45. The number of hydrogen-bond acceptors (Lipinski definition) is 4. The van der Waals surface area contributed by atoms with E-state index in [-0.39, 0.29) is 17.7 Å². The zero-order valence-corrected chi connectivity index (χ0v) is 12.0. The van der Waals surface area contributed by atoms with E-state index in [1.54, 1.807) is 12.1 Å². The number of nitro groups is 1. The molecule has 20 heavy (non-hydrogen) atoms. The first-order valence-corrected chi connectivity index (χ1v) is 7.19. The van der Waals surface area contributed by atoms with Crippen LogP contribution in [0.25, 0.3) is 0 Å². The standard InChI is InChI=1S/C14H19ClN2O3/c15-12-4-3-5-13(17(19)20)11(12)8-16-9-14(10-18)6-1-2-7-14/h3-5,16,18H,1-2,6-10H2. The Labute approximate surface area is 123 Å². The van der Waals surface area contributed by atoms with Crippen LogP contribution in [0.5, 0.6) is 0 Å². The molecule has 0 aromatic heterocycles. The van der Waals surface area contributed by atoms with E-state index < -0.39 is 4.92 Å². The monoisotopic (exact) mass is 298 g/mol. The van der Waals surface area contributed by atoms with Gasteiger partial charge in [0.1, 0.15) is 0 Å². The maximum absolute atomic E-state index is 11.0. The molecule has 0 unspecified atom stereocenters. The van der Waals surface area contributed by atoms with Crippen molar-refractivity contribution in [2.24, 2.45) is 5.41 Å². The lowest BCUT2D eigenvalue weighted by molar-refractivity contribution is -0.385. The van der Waals surface area contributed by atoms with Gasteiger partial charge < -0.3 is 10.4 Å². The Morgan fingerprint density at radius 3 is 2.70 bits per heavy atom. The number of hydrogen-bond donors (Lipinski definition) is 2. The van der Waals surface area contributed by atoms with Crippen molar-refractivity contribution in [2.45, 2.75) is 32.2 Å². The molecule has 2 N–H and O–H groups in total. The fraction of sp³-hybridized carbons (Fsp3) is 0.571. The number of rotatable bonds is 6. The Bertz CT molecular complexity index is 487. The maximum Gasteiger partial charge on any atom is 0.275 e. The molecular formula is C14H19ClN2O3. The van der Waals surface area contributed by atoms with Gasteiger partial charge in [0, 0.05) is 31.2 Å². The van der Waals surface area contributed by atoms with Crippen molar-refractivity contribution >= 4 is 17.3 Å². The molecule has 0 spiro atoms. The molecule has 1 aromatic rings. The van der Waals surface area contributed by atoms with Crippen LogP contribution in [0.15, 0.2) is 18.2 Å². The highest BCUT2D eigenvalue weighted by molar-refractivity contribution is 6.31. The molecule has 0 heterocycles. The van der Waals surface area contributed by atoms with Gasteiger partial charge in [-0.1, -0.05) is 30.5 Å². The molecule has 0 amide bonds. The highest BCUT2D eigenvalue weighted by Gasteiger charge is 2.32. The van der Waals surface area contributed by atoms with Gasteiger partial charge >= 0.3 is 0 Å². The van der Waals surface area contributed by atoms with Gasteiger partial charge in [0.05, 0.1) is 15.5 Å². The van der Waals surface area contributed by atoms with Gasteiger partial charge in [0.15, 0.2) is 0 Å². The van der Waals surface area contributed by atoms with Crippen LogP contribution in [0.3, 0.4) is 0 Å². The van der Waals surface area contributed by atoms with E-state index in [1.807, 2.05) is 0 Å². The van der Waals surface area contributed by atoms with Crippen LogP contribution in [0.4, 0.5) is 5.69 Å². The molecule has 1 aliphatic carbocycles. The molecule has 1 aromatic carbocycles.